The second-order valence-electron chi connectivity index (χ2n) is 9.56. The summed E-state index contributed by atoms with van der Waals surface area (Å²) >= 11 is 1.01. The quantitative estimate of drug-likeness (QED) is 0.206. The normalized spacial score (nSPS) is 12.6. The molecule has 0 bridgehead atoms. The fraction of sp³-hybridized carbons (Fsp3) is 0.312. The predicted octanol–water partition coefficient (Wildman–Crippen LogP) is 4.56. The highest BCUT2D eigenvalue weighted by Crippen LogP contribution is 2.37. The summed E-state index contributed by atoms with van der Waals surface area (Å²) in [5, 5.41) is 4.29. The molecule has 0 saturated heterocycles. The van der Waals surface area contributed by atoms with Crippen LogP contribution in [-0.4, -0.2) is 67.3 Å². The monoisotopic (exact) mass is 639 g/mol. The summed E-state index contributed by atoms with van der Waals surface area (Å²) in [5.74, 6) is -5.17. The van der Waals surface area contributed by atoms with Crippen LogP contribution in [0.3, 0.4) is 0 Å². The van der Waals surface area contributed by atoms with E-state index in [9.17, 15) is 28.8 Å². The van der Waals surface area contributed by atoms with Gasteiger partial charge in [-0.2, -0.15) is 0 Å². The Morgan fingerprint density at radius 1 is 0.711 bits per heavy atom. The van der Waals surface area contributed by atoms with Gasteiger partial charge in [-0.3, -0.25) is 24.0 Å². The van der Waals surface area contributed by atoms with Crippen molar-refractivity contribution in [1.29, 1.82) is 0 Å². The number of hydrogen-bond acceptors (Lipinski definition) is 12. The Kier molecular flexibility index (Phi) is 12.4. The summed E-state index contributed by atoms with van der Waals surface area (Å²) in [6.45, 7) is 5.27. The fourth-order valence-corrected chi connectivity index (χ4v) is 5.27. The van der Waals surface area contributed by atoms with Crippen molar-refractivity contribution in [1.82, 2.24) is 0 Å². The predicted molar refractivity (Wildman–Crippen MR) is 163 cm³/mol. The van der Waals surface area contributed by atoms with Gasteiger partial charge in [0.15, 0.2) is 12.2 Å². The van der Waals surface area contributed by atoms with Crippen LogP contribution < -0.4 is 5.32 Å². The molecule has 3 unspecified atom stereocenters. The largest absolute Gasteiger partial charge is 0.462 e. The molecule has 0 fully saturated rings. The molecular formula is C32H33NO11S. The molecule has 3 rings (SSSR count). The van der Waals surface area contributed by atoms with Crippen molar-refractivity contribution in [2.45, 2.75) is 52.9 Å². The highest BCUT2D eigenvalue weighted by Gasteiger charge is 2.43. The van der Waals surface area contributed by atoms with Crippen LogP contribution >= 0.6 is 11.3 Å². The zero-order chi connectivity index (χ0) is 33.1. The number of rotatable bonds is 13. The first-order valence-corrected chi connectivity index (χ1v) is 14.7. The summed E-state index contributed by atoms with van der Waals surface area (Å²) < 4.78 is 25.9. The second kappa shape index (κ2) is 16.1. The van der Waals surface area contributed by atoms with E-state index in [0.717, 1.165) is 50.2 Å². The molecule has 12 nitrogen and oxygen atoms in total. The molecule has 2 aromatic carbocycles. The van der Waals surface area contributed by atoms with Crippen LogP contribution in [0.15, 0.2) is 60.0 Å². The van der Waals surface area contributed by atoms with E-state index in [2.05, 4.69) is 5.32 Å². The first-order valence-electron chi connectivity index (χ1n) is 13.8. The molecule has 13 heteroatoms. The van der Waals surface area contributed by atoms with E-state index in [1.54, 1.807) is 12.3 Å². The van der Waals surface area contributed by atoms with Gasteiger partial charge in [-0.05, 0) is 23.6 Å². The van der Waals surface area contributed by atoms with Gasteiger partial charge in [-0.1, -0.05) is 54.6 Å². The van der Waals surface area contributed by atoms with Crippen LogP contribution in [0.1, 0.15) is 45.0 Å². The number of carbonyl (C=O) groups excluding carboxylic acids is 6. The lowest BCUT2D eigenvalue weighted by Crippen LogP contribution is -2.52. The van der Waals surface area contributed by atoms with Gasteiger partial charge in [0.2, 0.25) is 6.10 Å². The molecule has 3 atom stereocenters. The third-order valence-electron chi connectivity index (χ3n) is 6.10. The second-order valence-corrected chi connectivity index (χ2v) is 10.4. The number of anilines is 1. The molecule has 0 spiro atoms. The van der Waals surface area contributed by atoms with Crippen molar-refractivity contribution in [3.63, 3.8) is 0 Å². The summed E-state index contributed by atoms with van der Waals surface area (Å²) in [4.78, 5) is 74.3. The third-order valence-corrected chi connectivity index (χ3v) is 6.99. The summed E-state index contributed by atoms with van der Waals surface area (Å²) in [7, 11) is 0. The van der Waals surface area contributed by atoms with Gasteiger partial charge in [0.1, 0.15) is 17.2 Å². The van der Waals surface area contributed by atoms with Crippen LogP contribution in [0.4, 0.5) is 5.00 Å². The Balaban J connectivity index is 2.02. The zero-order valence-corrected chi connectivity index (χ0v) is 26.1. The van der Waals surface area contributed by atoms with Gasteiger partial charge < -0.3 is 29.0 Å². The van der Waals surface area contributed by atoms with E-state index in [1.807, 2.05) is 54.6 Å². The van der Waals surface area contributed by atoms with Crippen molar-refractivity contribution < 1.29 is 52.5 Å². The zero-order valence-electron chi connectivity index (χ0n) is 25.3. The van der Waals surface area contributed by atoms with E-state index < -0.39 is 60.7 Å². The molecule has 1 amide bonds. The number of hydrogen-bond donors (Lipinski definition) is 1. The van der Waals surface area contributed by atoms with Crippen LogP contribution in [0.2, 0.25) is 0 Å². The Bertz CT molecular complexity index is 1530. The molecule has 1 N–H and O–H groups in total. The Hall–Kier alpha value is -5.04. The van der Waals surface area contributed by atoms with E-state index >= 15 is 0 Å². The SMILES string of the molecule is CCOC(=O)c1c(-c2ccc(-c3ccccc3)cc2)csc1NC(=O)C(OC(C)=O)C(OC(C)=O)C(COC(C)=O)OC(C)=O. The van der Waals surface area contributed by atoms with Crippen LogP contribution in [0.25, 0.3) is 22.3 Å². The molecule has 0 aliphatic heterocycles. The molecule has 0 aliphatic carbocycles. The van der Waals surface area contributed by atoms with E-state index in [0.29, 0.717) is 11.1 Å². The average molecular weight is 640 g/mol. The molecule has 3 aromatic rings. The minimum Gasteiger partial charge on any atom is -0.462 e. The van der Waals surface area contributed by atoms with Gasteiger partial charge in [0.25, 0.3) is 5.91 Å². The van der Waals surface area contributed by atoms with Crippen LogP contribution in [0.5, 0.6) is 0 Å². The highest BCUT2D eigenvalue weighted by molar-refractivity contribution is 7.15. The molecule has 0 saturated carbocycles. The molecule has 45 heavy (non-hydrogen) atoms. The number of amides is 1. The lowest BCUT2D eigenvalue weighted by molar-refractivity contribution is -0.190. The smallest absolute Gasteiger partial charge is 0.341 e. The van der Waals surface area contributed by atoms with Crippen molar-refractivity contribution in [2.24, 2.45) is 0 Å². The fourth-order valence-electron chi connectivity index (χ4n) is 4.31. The molecule has 0 radical (unpaired) electrons. The molecule has 1 aromatic heterocycles. The maximum absolute atomic E-state index is 13.7. The number of esters is 5. The van der Waals surface area contributed by atoms with Gasteiger partial charge in [0.05, 0.1) is 6.61 Å². The Morgan fingerprint density at radius 2 is 1.29 bits per heavy atom. The van der Waals surface area contributed by atoms with Gasteiger partial charge in [0, 0.05) is 38.6 Å². The number of nitrogens with one attached hydrogen (secondary N) is 1. The minimum absolute atomic E-state index is 0.0460. The summed E-state index contributed by atoms with van der Waals surface area (Å²) in [6, 6.07) is 17.2. The maximum Gasteiger partial charge on any atom is 0.341 e. The maximum atomic E-state index is 13.7. The summed E-state index contributed by atoms with van der Waals surface area (Å²) in [6.07, 6.45) is -5.15. The minimum atomic E-state index is -1.89. The molecule has 0 aliphatic rings. The Labute approximate surface area is 263 Å². The third kappa shape index (κ3) is 9.73. The lowest BCUT2D eigenvalue weighted by atomic mass is 9.99. The van der Waals surface area contributed by atoms with Gasteiger partial charge in [-0.25, -0.2) is 4.79 Å². The van der Waals surface area contributed by atoms with E-state index in [-0.39, 0.29) is 17.2 Å². The summed E-state index contributed by atoms with van der Waals surface area (Å²) in [5.41, 5.74) is 3.15. The van der Waals surface area contributed by atoms with Crippen molar-refractivity contribution in [2.75, 3.05) is 18.5 Å². The van der Waals surface area contributed by atoms with Crippen molar-refractivity contribution in [3.05, 3.63) is 65.5 Å². The number of thiophene rings is 1. The van der Waals surface area contributed by atoms with E-state index in [1.165, 1.54) is 0 Å². The molecule has 1 heterocycles. The van der Waals surface area contributed by atoms with E-state index in [4.69, 9.17) is 23.7 Å². The van der Waals surface area contributed by atoms with Crippen molar-refractivity contribution in [3.8, 4) is 22.3 Å². The van der Waals surface area contributed by atoms with Crippen LogP contribution in [-0.2, 0) is 47.7 Å². The number of benzene rings is 2. The standard InChI is InChI=1S/C32H33NO11S/c1-6-40-32(39)27-25(24-14-12-23(13-15-24)22-10-8-7-9-11-22)17-45-31(27)33-30(38)29(44-21(5)37)28(43-20(4)36)26(42-19(3)35)16-41-18(2)34/h7-15,17,26,28-29H,6,16H2,1-5H3,(H,33,38). The topological polar surface area (TPSA) is 161 Å². The first-order chi connectivity index (χ1) is 21.4. The molecule has 238 valence electrons. The van der Waals surface area contributed by atoms with Gasteiger partial charge in [-0.15, -0.1) is 11.3 Å². The first kappa shape index (κ1) is 34.5. The van der Waals surface area contributed by atoms with Gasteiger partial charge >= 0.3 is 29.8 Å². The average Bonchev–Trinajstić information content (AvgIpc) is 3.40. The lowest BCUT2D eigenvalue weighted by Gasteiger charge is -2.30. The molecular weight excluding hydrogens is 606 g/mol. The Morgan fingerprint density at radius 3 is 1.84 bits per heavy atom. The number of carbonyl (C=O) groups is 6. The van der Waals surface area contributed by atoms with Crippen molar-refractivity contribution >= 4 is 52.1 Å². The number of ether oxygens (including phenoxy) is 5. The highest BCUT2D eigenvalue weighted by atomic mass is 32.1. The van der Waals surface area contributed by atoms with Crippen LogP contribution in [0, 0.1) is 0 Å².